The molecule has 4 nitrogen and oxygen atoms in total. The maximum Gasteiger partial charge on any atom is 0.223 e. The first-order valence-electron chi connectivity index (χ1n) is 5.41. The number of thiophene rings is 1. The van der Waals surface area contributed by atoms with Crippen molar-refractivity contribution >= 4 is 39.1 Å². The summed E-state index contributed by atoms with van der Waals surface area (Å²) in [6.07, 6.45) is 1.56. The molecule has 1 saturated heterocycles. The first-order valence-corrected chi connectivity index (χ1v) is 6.67. The van der Waals surface area contributed by atoms with Crippen LogP contribution in [-0.2, 0) is 11.3 Å². The van der Waals surface area contributed by atoms with E-state index in [4.69, 9.17) is 11.6 Å². The van der Waals surface area contributed by atoms with E-state index in [-0.39, 0.29) is 5.91 Å². The lowest BCUT2D eigenvalue weighted by Crippen LogP contribution is -2.25. The maximum atomic E-state index is 11.5. The number of hydrogen-bond donors (Lipinski definition) is 0. The van der Waals surface area contributed by atoms with Gasteiger partial charge in [-0.2, -0.15) is 0 Å². The van der Waals surface area contributed by atoms with E-state index >= 15 is 0 Å². The van der Waals surface area contributed by atoms with Crippen LogP contribution in [0.3, 0.4) is 0 Å². The largest absolute Gasteiger partial charge is 0.335 e. The van der Waals surface area contributed by atoms with Crippen LogP contribution in [0.25, 0.3) is 10.2 Å². The second-order valence-corrected chi connectivity index (χ2v) is 5.24. The highest BCUT2D eigenvalue weighted by atomic mass is 35.5. The monoisotopic (exact) mass is 267 g/mol. The van der Waals surface area contributed by atoms with Crippen molar-refractivity contribution in [3.8, 4) is 0 Å². The lowest BCUT2D eigenvalue weighted by Gasteiger charge is -2.14. The fourth-order valence-electron chi connectivity index (χ4n) is 1.97. The molecule has 2 aromatic rings. The van der Waals surface area contributed by atoms with Gasteiger partial charge in [0.05, 0.1) is 6.54 Å². The summed E-state index contributed by atoms with van der Waals surface area (Å²) >= 11 is 7.61. The lowest BCUT2D eigenvalue weighted by molar-refractivity contribution is -0.128. The number of fused-ring (bicyclic) bond motifs is 1. The van der Waals surface area contributed by atoms with Gasteiger partial charge in [-0.25, -0.2) is 9.97 Å². The minimum Gasteiger partial charge on any atom is -0.335 e. The predicted octanol–water partition coefficient (Wildman–Crippen LogP) is 2.47. The Morgan fingerprint density at radius 2 is 2.35 bits per heavy atom. The Labute approximate surface area is 107 Å². The Bertz CT molecular complexity index is 583. The van der Waals surface area contributed by atoms with Gasteiger partial charge >= 0.3 is 0 Å². The molecule has 0 radical (unpaired) electrons. The van der Waals surface area contributed by atoms with Crippen LogP contribution in [0.1, 0.15) is 18.7 Å². The SMILES string of the molecule is O=C1CCCN1Cc1nc(Cl)c2ccsc2n1. The normalized spacial score (nSPS) is 16.1. The number of carbonyl (C=O) groups excluding carboxylic acids is 1. The lowest BCUT2D eigenvalue weighted by atomic mass is 10.4. The van der Waals surface area contributed by atoms with Crippen molar-refractivity contribution in [2.24, 2.45) is 0 Å². The number of hydrogen-bond acceptors (Lipinski definition) is 4. The number of aromatic nitrogens is 2. The van der Waals surface area contributed by atoms with E-state index in [1.165, 1.54) is 11.3 Å². The van der Waals surface area contributed by atoms with Crippen LogP contribution in [0.15, 0.2) is 11.4 Å². The van der Waals surface area contributed by atoms with Crippen molar-refractivity contribution in [1.82, 2.24) is 14.9 Å². The summed E-state index contributed by atoms with van der Waals surface area (Å²) < 4.78 is 0. The van der Waals surface area contributed by atoms with Crippen molar-refractivity contribution < 1.29 is 4.79 Å². The third-order valence-electron chi connectivity index (χ3n) is 2.83. The molecule has 1 aliphatic rings. The first kappa shape index (κ1) is 10.9. The Morgan fingerprint density at radius 1 is 1.47 bits per heavy atom. The maximum absolute atomic E-state index is 11.5. The third-order valence-corrected chi connectivity index (χ3v) is 3.92. The summed E-state index contributed by atoms with van der Waals surface area (Å²) in [6, 6.07) is 1.91. The number of likely N-dealkylation sites (tertiary alicyclic amines) is 1. The quantitative estimate of drug-likeness (QED) is 0.786. The minimum absolute atomic E-state index is 0.177. The van der Waals surface area contributed by atoms with E-state index in [9.17, 15) is 4.79 Å². The van der Waals surface area contributed by atoms with Gasteiger partial charge < -0.3 is 4.90 Å². The summed E-state index contributed by atoms with van der Waals surface area (Å²) in [7, 11) is 0. The molecular formula is C11H10ClN3OS. The molecule has 0 bridgehead atoms. The molecule has 17 heavy (non-hydrogen) atoms. The van der Waals surface area contributed by atoms with Gasteiger partial charge in [-0.05, 0) is 17.9 Å². The summed E-state index contributed by atoms with van der Waals surface area (Å²) in [6.45, 7) is 1.26. The third kappa shape index (κ3) is 2.00. The molecule has 1 fully saturated rings. The highest BCUT2D eigenvalue weighted by molar-refractivity contribution is 7.16. The topological polar surface area (TPSA) is 46.1 Å². The average molecular weight is 268 g/mol. The van der Waals surface area contributed by atoms with Crippen LogP contribution in [0.2, 0.25) is 5.15 Å². The standard InChI is InChI=1S/C11H10ClN3OS/c12-10-7-3-5-17-11(7)14-8(13-10)6-15-4-1-2-9(15)16/h3,5H,1-2,4,6H2. The van der Waals surface area contributed by atoms with Gasteiger partial charge in [-0.15, -0.1) is 11.3 Å². The van der Waals surface area contributed by atoms with Crippen molar-refractivity contribution in [2.45, 2.75) is 19.4 Å². The van der Waals surface area contributed by atoms with Crippen molar-refractivity contribution in [3.63, 3.8) is 0 Å². The van der Waals surface area contributed by atoms with Gasteiger partial charge in [-0.1, -0.05) is 11.6 Å². The van der Waals surface area contributed by atoms with Crippen LogP contribution in [0, 0.1) is 0 Å². The molecule has 0 aromatic carbocycles. The zero-order valence-corrected chi connectivity index (χ0v) is 10.6. The highest BCUT2D eigenvalue weighted by Crippen LogP contribution is 2.25. The second-order valence-electron chi connectivity index (χ2n) is 3.99. The van der Waals surface area contributed by atoms with Gasteiger partial charge in [0.2, 0.25) is 5.91 Å². The molecule has 0 aliphatic carbocycles. The van der Waals surface area contributed by atoms with Gasteiger partial charge in [0.25, 0.3) is 0 Å². The van der Waals surface area contributed by atoms with E-state index < -0.39 is 0 Å². The first-order chi connectivity index (χ1) is 8.24. The van der Waals surface area contributed by atoms with Crippen LogP contribution >= 0.6 is 22.9 Å². The average Bonchev–Trinajstić information content (AvgIpc) is 2.89. The van der Waals surface area contributed by atoms with E-state index in [1.54, 1.807) is 4.90 Å². The number of carbonyl (C=O) groups is 1. The van der Waals surface area contributed by atoms with E-state index in [2.05, 4.69) is 9.97 Å². The number of nitrogens with zero attached hydrogens (tertiary/aromatic N) is 3. The summed E-state index contributed by atoms with van der Waals surface area (Å²) in [5, 5.41) is 3.29. The van der Waals surface area contributed by atoms with Gasteiger partial charge in [0.15, 0.2) is 5.82 Å². The molecule has 3 rings (SSSR count). The molecule has 88 valence electrons. The van der Waals surface area contributed by atoms with Crippen LogP contribution in [-0.4, -0.2) is 27.3 Å². The molecule has 1 amide bonds. The van der Waals surface area contributed by atoms with E-state index in [0.29, 0.717) is 23.9 Å². The summed E-state index contributed by atoms with van der Waals surface area (Å²) in [4.78, 5) is 22.8. The van der Waals surface area contributed by atoms with Gasteiger partial charge in [-0.3, -0.25) is 4.79 Å². The van der Waals surface area contributed by atoms with E-state index in [1.807, 2.05) is 11.4 Å². The smallest absolute Gasteiger partial charge is 0.223 e. The number of halogens is 1. The Hall–Kier alpha value is -1.20. The molecular weight excluding hydrogens is 258 g/mol. The molecule has 0 saturated carbocycles. The van der Waals surface area contributed by atoms with Crippen molar-refractivity contribution in [1.29, 1.82) is 0 Å². The molecule has 3 heterocycles. The van der Waals surface area contributed by atoms with E-state index in [0.717, 1.165) is 23.2 Å². The number of rotatable bonds is 2. The minimum atomic E-state index is 0.177. The summed E-state index contributed by atoms with van der Waals surface area (Å²) in [5.41, 5.74) is 0. The van der Waals surface area contributed by atoms with Gasteiger partial charge in [0.1, 0.15) is 9.98 Å². The molecule has 0 spiro atoms. The summed E-state index contributed by atoms with van der Waals surface area (Å²) in [5.74, 6) is 0.802. The fourth-order valence-corrected chi connectivity index (χ4v) is 3.06. The zero-order chi connectivity index (χ0) is 11.8. The van der Waals surface area contributed by atoms with Crippen LogP contribution in [0.4, 0.5) is 0 Å². The van der Waals surface area contributed by atoms with Crippen LogP contribution < -0.4 is 0 Å². The molecule has 0 atom stereocenters. The highest BCUT2D eigenvalue weighted by Gasteiger charge is 2.21. The number of amides is 1. The predicted molar refractivity (Wildman–Crippen MR) is 67.1 cm³/mol. The fraction of sp³-hybridized carbons (Fsp3) is 0.364. The molecule has 1 aliphatic heterocycles. The van der Waals surface area contributed by atoms with Crippen LogP contribution in [0.5, 0.6) is 0 Å². The molecule has 0 unspecified atom stereocenters. The van der Waals surface area contributed by atoms with Crippen molar-refractivity contribution in [2.75, 3.05) is 6.54 Å². The Balaban J connectivity index is 1.92. The Morgan fingerprint density at radius 3 is 3.12 bits per heavy atom. The zero-order valence-electron chi connectivity index (χ0n) is 9.02. The molecule has 2 aromatic heterocycles. The molecule has 6 heteroatoms. The molecule has 0 N–H and O–H groups in total. The van der Waals surface area contributed by atoms with Gasteiger partial charge in [0, 0.05) is 18.4 Å². The van der Waals surface area contributed by atoms with Crippen molar-refractivity contribution in [3.05, 3.63) is 22.4 Å². The Kier molecular flexibility index (Phi) is 2.72. The second kappa shape index (κ2) is 4.23.